The van der Waals surface area contributed by atoms with Crippen molar-refractivity contribution in [2.24, 2.45) is 5.92 Å². The number of carboxylic acid groups (broad SMARTS) is 1. The van der Waals surface area contributed by atoms with E-state index in [0.717, 1.165) is 18.9 Å². The first kappa shape index (κ1) is 7.54. The Labute approximate surface area is 60.4 Å². The fourth-order valence-electron chi connectivity index (χ4n) is 0.908. The van der Waals surface area contributed by atoms with Crippen molar-refractivity contribution >= 4 is 5.97 Å². The minimum absolute atomic E-state index is 0.104. The molecule has 1 fully saturated rings. The first-order valence-corrected chi connectivity index (χ1v) is 3.71. The van der Waals surface area contributed by atoms with Crippen molar-refractivity contribution in [2.75, 3.05) is 13.1 Å². The van der Waals surface area contributed by atoms with Gasteiger partial charge in [0.15, 0.2) is 0 Å². The molecule has 10 heavy (non-hydrogen) atoms. The summed E-state index contributed by atoms with van der Waals surface area (Å²) in [6, 6.07) is 0. The topological polar surface area (TPSA) is 49.3 Å². The number of carbonyl (C=O) groups is 1. The molecule has 1 saturated carbocycles. The van der Waals surface area contributed by atoms with Crippen LogP contribution in [0.5, 0.6) is 0 Å². The summed E-state index contributed by atoms with van der Waals surface area (Å²) in [6.45, 7) is 0.962. The standard InChI is InChI=1S/C7H13NO2/c9-7(10)5-8-4-3-6-1-2-6/h6,8H,1-5H2,(H,9,10). The minimum Gasteiger partial charge on any atom is -0.480 e. The predicted molar refractivity (Wildman–Crippen MR) is 37.8 cm³/mol. The highest BCUT2D eigenvalue weighted by atomic mass is 16.4. The van der Waals surface area contributed by atoms with Gasteiger partial charge in [0.05, 0.1) is 6.54 Å². The van der Waals surface area contributed by atoms with Gasteiger partial charge >= 0.3 is 5.97 Å². The second-order valence-corrected chi connectivity index (χ2v) is 2.80. The number of nitrogens with one attached hydrogen (secondary N) is 1. The average Bonchev–Trinajstić information content (AvgIpc) is 2.62. The zero-order valence-corrected chi connectivity index (χ0v) is 5.97. The SMILES string of the molecule is O=C(O)CNCCC1CC1. The molecule has 3 nitrogen and oxygen atoms in total. The first-order valence-electron chi connectivity index (χ1n) is 3.71. The van der Waals surface area contributed by atoms with E-state index in [2.05, 4.69) is 5.32 Å². The summed E-state index contributed by atoms with van der Waals surface area (Å²) in [6.07, 6.45) is 3.83. The van der Waals surface area contributed by atoms with Crippen LogP contribution in [0, 0.1) is 5.92 Å². The van der Waals surface area contributed by atoms with E-state index in [1.54, 1.807) is 0 Å². The van der Waals surface area contributed by atoms with Crippen LogP contribution in [0.3, 0.4) is 0 Å². The molecule has 0 atom stereocenters. The maximum Gasteiger partial charge on any atom is 0.317 e. The lowest BCUT2D eigenvalue weighted by Crippen LogP contribution is -2.23. The van der Waals surface area contributed by atoms with Crippen molar-refractivity contribution in [3.05, 3.63) is 0 Å². The van der Waals surface area contributed by atoms with Crippen LogP contribution >= 0.6 is 0 Å². The molecular weight excluding hydrogens is 130 g/mol. The van der Waals surface area contributed by atoms with E-state index in [1.165, 1.54) is 12.8 Å². The van der Waals surface area contributed by atoms with Gasteiger partial charge in [-0.1, -0.05) is 12.8 Å². The van der Waals surface area contributed by atoms with Gasteiger partial charge in [0, 0.05) is 0 Å². The van der Waals surface area contributed by atoms with E-state index < -0.39 is 5.97 Å². The summed E-state index contributed by atoms with van der Waals surface area (Å²) in [5.74, 6) is 0.122. The summed E-state index contributed by atoms with van der Waals surface area (Å²) >= 11 is 0. The van der Waals surface area contributed by atoms with Gasteiger partial charge in [-0.15, -0.1) is 0 Å². The molecule has 0 aliphatic heterocycles. The molecule has 1 rings (SSSR count). The molecule has 1 aliphatic rings. The molecule has 0 spiro atoms. The van der Waals surface area contributed by atoms with Crippen LogP contribution in [0.2, 0.25) is 0 Å². The van der Waals surface area contributed by atoms with Gasteiger partial charge in [-0.25, -0.2) is 0 Å². The smallest absolute Gasteiger partial charge is 0.317 e. The minimum atomic E-state index is -0.768. The molecule has 0 heterocycles. The summed E-state index contributed by atoms with van der Waals surface area (Å²) in [4.78, 5) is 10.00. The molecule has 0 radical (unpaired) electrons. The third-order valence-electron chi connectivity index (χ3n) is 1.70. The molecule has 58 valence electrons. The van der Waals surface area contributed by atoms with Crippen molar-refractivity contribution in [1.82, 2.24) is 5.32 Å². The maximum absolute atomic E-state index is 10.00. The Morgan fingerprint density at radius 3 is 2.80 bits per heavy atom. The molecule has 0 amide bonds. The number of hydrogen-bond acceptors (Lipinski definition) is 2. The van der Waals surface area contributed by atoms with Crippen LogP contribution in [0.1, 0.15) is 19.3 Å². The van der Waals surface area contributed by atoms with Gasteiger partial charge in [-0.2, -0.15) is 0 Å². The van der Waals surface area contributed by atoms with E-state index >= 15 is 0 Å². The molecule has 0 saturated heterocycles. The highest BCUT2D eigenvalue weighted by Gasteiger charge is 2.19. The number of hydrogen-bond donors (Lipinski definition) is 2. The van der Waals surface area contributed by atoms with Crippen LogP contribution in [0.25, 0.3) is 0 Å². The number of carboxylic acids is 1. The maximum atomic E-state index is 10.00. The molecule has 0 aromatic heterocycles. The molecule has 3 heteroatoms. The number of rotatable bonds is 5. The largest absolute Gasteiger partial charge is 0.480 e. The van der Waals surface area contributed by atoms with Gasteiger partial charge in [0.2, 0.25) is 0 Å². The Morgan fingerprint density at radius 2 is 2.30 bits per heavy atom. The Morgan fingerprint density at radius 1 is 1.60 bits per heavy atom. The highest BCUT2D eigenvalue weighted by molar-refractivity contribution is 5.68. The fourth-order valence-corrected chi connectivity index (χ4v) is 0.908. The van der Waals surface area contributed by atoms with Crippen LogP contribution in [-0.4, -0.2) is 24.2 Å². The Bertz CT molecular complexity index is 121. The van der Waals surface area contributed by atoms with Crippen LogP contribution in [0.4, 0.5) is 0 Å². The van der Waals surface area contributed by atoms with Crippen molar-refractivity contribution in [2.45, 2.75) is 19.3 Å². The summed E-state index contributed by atoms with van der Waals surface area (Å²) in [5, 5.41) is 11.1. The molecule has 0 aromatic rings. The van der Waals surface area contributed by atoms with Gasteiger partial charge in [-0.3, -0.25) is 4.79 Å². The molecule has 1 aliphatic carbocycles. The van der Waals surface area contributed by atoms with Gasteiger partial charge < -0.3 is 10.4 Å². The third kappa shape index (κ3) is 3.45. The molecule has 0 unspecified atom stereocenters. The monoisotopic (exact) mass is 143 g/mol. The normalized spacial score (nSPS) is 17.2. The van der Waals surface area contributed by atoms with E-state index in [-0.39, 0.29) is 6.54 Å². The second-order valence-electron chi connectivity index (χ2n) is 2.80. The van der Waals surface area contributed by atoms with Crippen LogP contribution in [-0.2, 0) is 4.79 Å². The van der Waals surface area contributed by atoms with E-state index in [1.807, 2.05) is 0 Å². The molecular formula is C7H13NO2. The highest BCUT2D eigenvalue weighted by Crippen LogP contribution is 2.31. The molecule has 2 N–H and O–H groups in total. The average molecular weight is 143 g/mol. The van der Waals surface area contributed by atoms with Crippen molar-refractivity contribution in [3.8, 4) is 0 Å². The lowest BCUT2D eigenvalue weighted by atomic mass is 10.3. The van der Waals surface area contributed by atoms with E-state index in [0.29, 0.717) is 0 Å². The quantitative estimate of drug-likeness (QED) is 0.550. The van der Waals surface area contributed by atoms with Crippen LogP contribution in [0.15, 0.2) is 0 Å². The zero-order chi connectivity index (χ0) is 7.40. The fraction of sp³-hybridized carbons (Fsp3) is 0.857. The lowest BCUT2D eigenvalue weighted by molar-refractivity contribution is -0.135. The molecule has 0 bridgehead atoms. The van der Waals surface area contributed by atoms with E-state index in [9.17, 15) is 4.79 Å². The first-order chi connectivity index (χ1) is 4.79. The van der Waals surface area contributed by atoms with Gasteiger partial charge in [-0.05, 0) is 18.9 Å². The van der Waals surface area contributed by atoms with E-state index in [4.69, 9.17) is 5.11 Å². The lowest BCUT2D eigenvalue weighted by Gasteiger charge is -1.98. The van der Waals surface area contributed by atoms with Crippen molar-refractivity contribution < 1.29 is 9.90 Å². The zero-order valence-electron chi connectivity index (χ0n) is 5.97. The summed E-state index contributed by atoms with van der Waals surface area (Å²) in [7, 11) is 0. The predicted octanol–water partition coefficient (Wildman–Crippen LogP) is 0.461. The Balaban J connectivity index is 1.80. The Hall–Kier alpha value is -0.570. The molecule has 0 aromatic carbocycles. The van der Waals surface area contributed by atoms with Crippen LogP contribution < -0.4 is 5.32 Å². The third-order valence-corrected chi connectivity index (χ3v) is 1.70. The summed E-state index contributed by atoms with van der Waals surface area (Å²) < 4.78 is 0. The van der Waals surface area contributed by atoms with Crippen molar-refractivity contribution in [3.63, 3.8) is 0 Å². The summed E-state index contributed by atoms with van der Waals surface area (Å²) in [5.41, 5.74) is 0. The van der Waals surface area contributed by atoms with Gasteiger partial charge in [0.25, 0.3) is 0 Å². The number of aliphatic carboxylic acids is 1. The van der Waals surface area contributed by atoms with Crippen molar-refractivity contribution in [1.29, 1.82) is 0 Å². The Kier molecular flexibility index (Phi) is 2.68. The van der Waals surface area contributed by atoms with Gasteiger partial charge in [0.1, 0.15) is 0 Å². The second kappa shape index (κ2) is 3.56.